The van der Waals surface area contributed by atoms with Crippen molar-refractivity contribution in [2.45, 2.75) is 38.4 Å². The Hall–Kier alpha value is -3.39. The Labute approximate surface area is 172 Å². The summed E-state index contributed by atoms with van der Waals surface area (Å²) in [6.07, 6.45) is 2.45. The van der Waals surface area contributed by atoms with E-state index in [0.717, 1.165) is 24.4 Å². The van der Waals surface area contributed by atoms with Crippen LogP contribution in [0, 0.1) is 5.82 Å². The fourth-order valence-electron chi connectivity index (χ4n) is 4.37. The molecule has 0 radical (unpaired) electrons. The number of halogens is 1. The van der Waals surface area contributed by atoms with Gasteiger partial charge in [0.15, 0.2) is 0 Å². The Kier molecular flexibility index (Phi) is 4.63. The minimum Gasteiger partial charge on any atom is -0.305 e. The van der Waals surface area contributed by atoms with Crippen molar-refractivity contribution in [3.05, 3.63) is 87.6 Å². The molecule has 2 N–H and O–H groups in total. The van der Waals surface area contributed by atoms with Crippen molar-refractivity contribution in [1.82, 2.24) is 30.3 Å². The molecular formula is C22H21FN6O. The van der Waals surface area contributed by atoms with Gasteiger partial charge in [0, 0.05) is 24.5 Å². The summed E-state index contributed by atoms with van der Waals surface area (Å²) in [6.45, 7) is 3.21. The third-order valence-electron chi connectivity index (χ3n) is 5.62. The van der Waals surface area contributed by atoms with E-state index in [1.165, 1.54) is 12.1 Å². The number of aromatic nitrogens is 5. The van der Waals surface area contributed by atoms with Crippen LogP contribution in [-0.4, -0.2) is 25.0 Å². The molecule has 1 aliphatic rings. The predicted molar refractivity (Wildman–Crippen MR) is 111 cm³/mol. The third-order valence-corrected chi connectivity index (χ3v) is 5.62. The predicted octanol–water partition coefficient (Wildman–Crippen LogP) is 3.04. The highest BCUT2D eigenvalue weighted by Crippen LogP contribution is 2.40. The van der Waals surface area contributed by atoms with E-state index in [-0.39, 0.29) is 12.0 Å². The van der Waals surface area contributed by atoms with Crippen molar-refractivity contribution < 1.29 is 4.39 Å². The molecule has 30 heavy (non-hydrogen) atoms. The van der Waals surface area contributed by atoms with Gasteiger partial charge < -0.3 is 5.32 Å². The second-order valence-electron chi connectivity index (χ2n) is 7.51. The van der Waals surface area contributed by atoms with E-state index in [4.69, 9.17) is 0 Å². The monoisotopic (exact) mass is 404 g/mol. The molecule has 2 aromatic carbocycles. The van der Waals surface area contributed by atoms with Gasteiger partial charge in [-0.05, 0) is 29.7 Å². The number of hydrogen-bond donors (Lipinski definition) is 2. The maximum absolute atomic E-state index is 14.3. The van der Waals surface area contributed by atoms with E-state index in [1.807, 2.05) is 35.0 Å². The fourth-order valence-corrected chi connectivity index (χ4v) is 4.37. The zero-order valence-corrected chi connectivity index (χ0v) is 16.5. The molecule has 1 aliphatic heterocycles. The largest absolute Gasteiger partial charge is 0.305 e. The molecule has 152 valence electrons. The number of aryl methyl sites for hydroxylation is 1. The average Bonchev–Trinajstić information content (AvgIpc) is 3.14. The van der Waals surface area contributed by atoms with Gasteiger partial charge in [-0.2, -0.15) is 10.2 Å². The maximum atomic E-state index is 14.3. The molecule has 4 aromatic rings. The van der Waals surface area contributed by atoms with Gasteiger partial charge in [0.2, 0.25) is 0 Å². The summed E-state index contributed by atoms with van der Waals surface area (Å²) in [7, 11) is 0. The minimum absolute atomic E-state index is 0.178. The second-order valence-corrected chi connectivity index (χ2v) is 7.51. The molecule has 0 saturated heterocycles. The lowest BCUT2D eigenvalue weighted by Gasteiger charge is -2.26. The van der Waals surface area contributed by atoms with Crippen LogP contribution in [0.2, 0.25) is 0 Å². The molecule has 0 aliphatic carbocycles. The smallest absolute Gasteiger partial charge is 0.272 e. The van der Waals surface area contributed by atoms with Gasteiger partial charge in [0.05, 0.1) is 17.0 Å². The van der Waals surface area contributed by atoms with Crippen LogP contribution in [0.3, 0.4) is 0 Å². The van der Waals surface area contributed by atoms with E-state index in [1.54, 1.807) is 6.33 Å². The molecule has 3 heterocycles. The molecule has 0 amide bonds. The molecule has 7 nitrogen and oxygen atoms in total. The first-order chi connectivity index (χ1) is 14.7. The molecule has 0 spiro atoms. The van der Waals surface area contributed by atoms with Gasteiger partial charge in [-0.3, -0.25) is 4.79 Å². The van der Waals surface area contributed by atoms with Crippen molar-refractivity contribution in [2.24, 2.45) is 0 Å². The third kappa shape index (κ3) is 3.00. The van der Waals surface area contributed by atoms with Crippen LogP contribution < -0.4 is 10.9 Å². The summed E-state index contributed by atoms with van der Waals surface area (Å²) in [4.78, 5) is 17.0. The lowest BCUT2D eigenvalue weighted by atomic mass is 9.88. The Bertz CT molecular complexity index is 1270. The normalized spacial score (nSPS) is 18.5. The molecule has 2 aromatic heterocycles. The van der Waals surface area contributed by atoms with Crippen LogP contribution in [-0.2, 0) is 13.1 Å². The summed E-state index contributed by atoms with van der Waals surface area (Å²) < 4.78 is 16.2. The Morgan fingerprint density at radius 3 is 2.87 bits per heavy atom. The van der Waals surface area contributed by atoms with E-state index >= 15 is 0 Å². The number of aromatic amines is 1. The molecule has 0 bridgehead atoms. The SMILES string of the molecule is CCCn1ncnc1C1c2n[nH]c(=O)c3cc(F)cc(c23)CNC1c1ccccc1. The van der Waals surface area contributed by atoms with Gasteiger partial charge in [0.25, 0.3) is 5.56 Å². The van der Waals surface area contributed by atoms with Gasteiger partial charge in [-0.1, -0.05) is 37.3 Å². The van der Waals surface area contributed by atoms with Crippen LogP contribution in [0.15, 0.2) is 53.6 Å². The first-order valence-electron chi connectivity index (χ1n) is 10.0. The highest BCUT2D eigenvalue weighted by molar-refractivity contribution is 5.88. The van der Waals surface area contributed by atoms with E-state index in [9.17, 15) is 9.18 Å². The van der Waals surface area contributed by atoms with Crippen molar-refractivity contribution in [3.8, 4) is 0 Å². The number of benzene rings is 2. The van der Waals surface area contributed by atoms with Crippen molar-refractivity contribution in [2.75, 3.05) is 0 Å². The lowest BCUT2D eigenvalue weighted by Crippen LogP contribution is -2.29. The van der Waals surface area contributed by atoms with Crippen molar-refractivity contribution in [1.29, 1.82) is 0 Å². The van der Waals surface area contributed by atoms with Gasteiger partial charge in [-0.15, -0.1) is 0 Å². The molecular weight excluding hydrogens is 383 g/mol. The summed E-state index contributed by atoms with van der Waals surface area (Å²) in [5.74, 6) is 0.00884. The van der Waals surface area contributed by atoms with Crippen molar-refractivity contribution >= 4 is 10.8 Å². The van der Waals surface area contributed by atoms with Crippen molar-refractivity contribution in [3.63, 3.8) is 0 Å². The molecule has 2 atom stereocenters. The number of rotatable bonds is 4. The fraction of sp³-hybridized carbons (Fsp3) is 0.273. The average molecular weight is 404 g/mol. The molecule has 2 unspecified atom stereocenters. The number of H-pyrrole nitrogens is 1. The lowest BCUT2D eigenvalue weighted by molar-refractivity contribution is 0.444. The number of hydrogen-bond acceptors (Lipinski definition) is 5. The first-order valence-corrected chi connectivity index (χ1v) is 10.0. The summed E-state index contributed by atoms with van der Waals surface area (Å²) in [6, 6.07) is 12.6. The topological polar surface area (TPSA) is 88.5 Å². The van der Waals surface area contributed by atoms with E-state index in [0.29, 0.717) is 28.6 Å². The highest BCUT2D eigenvalue weighted by Gasteiger charge is 2.36. The van der Waals surface area contributed by atoms with E-state index < -0.39 is 11.4 Å². The molecule has 0 fully saturated rings. The quantitative estimate of drug-likeness (QED) is 0.546. The Morgan fingerprint density at radius 1 is 1.23 bits per heavy atom. The van der Waals surface area contributed by atoms with E-state index in [2.05, 4.69) is 32.5 Å². The van der Waals surface area contributed by atoms with Gasteiger partial charge in [0.1, 0.15) is 18.0 Å². The first kappa shape index (κ1) is 18.6. The molecule has 5 rings (SSSR count). The zero-order chi connectivity index (χ0) is 20.7. The van der Waals surface area contributed by atoms with Gasteiger partial charge >= 0.3 is 0 Å². The zero-order valence-electron chi connectivity index (χ0n) is 16.5. The van der Waals surface area contributed by atoms with Crippen LogP contribution in [0.5, 0.6) is 0 Å². The summed E-state index contributed by atoms with van der Waals surface area (Å²) in [5, 5.41) is 16.0. The standard InChI is InChI=1S/C22H21FN6O/c1-2-8-29-21(25-12-26-29)18-19(13-6-4-3-5-7-13)24-11-14-9-15(23)10-16-17(14)20(18)27-28-22(16)30/h3-7,9-10,12,18-19,24H,2,8,11H2,1H3,(H,28,30). The van der Waals surface area contributed by atoms with Crippen LogP contribution in [0.25, 0.3) is 10.8 Å². The Morgan fingerprint density at radius 2 is 2.07 bits per heavy atom. The van der Waals surface area contributed by atoms with Gasteiger partial charge in [-0.25, -0.2) is 19.2 Å². The van der Waals surface area contributed by atoms with Crippen LogP contribution in [0.1, 0.15) is 47.9 Å². The number of nitrogens with zero attached hydrogens (tertiary/aromatic N) is 4. The number of nitrogens with one attached hydrogen (secondary N) is 2. The highest BCUT2D eigenvalue weighted by atomic mass is 19.1. The second kappa shape index (κ2) is 7.46. The minimum atomic E-state index is -0.439. The maximum Gasteiger partial charge on any atom is 0.272 e. The van der Waals surface area contributed by atoms with Crippen LogP contribution in [0.4, 0.5) is 4.39 Å². The molecule has 0 saturated carbocycles. The van der Waals surface area contributed by atoms with Crippen LogP contribution >= 0.6 is 0 Å². The summed E-state index contributed by atoms with van der Waals surface area (Å²) >= 11 is 0. The molecule has 8 heteroatoms. The Balaban J connectivity index is 1.82. The summed E-state index contributed by atoms with van der Waals surface area (Å²) in [5.41, 5.74) is 2.04.